The Labute approximate surface area is 323 Å². The van der Waals surface area contributed by atoms with E-state index in [1.807, 2.05) is 48.5 Å². The van der Waals surface area contributed by atoms with Crippen LogP contribution in [0, 0.1) is 0 Å². The summed E-state index contributed by atoms with van der Waals surface area (Å²) in [6, 6.07) is 32.6. The number of nitrogens with one attached hydrogen (secondary N) is 2. The van der Waals surface area contributed by atoms with Gasteiger partial charge in [0.1, 0.15) is 13.2 Å². The number of rotatable bonds is 14. The molecule has 0 aliphatic heterocycles. The van der Waals surface area contributed by atoms with E-state index in [9.17, 15) is 19.5 Å². The van der Waals surface area contributed by atoms with Crippen molar-refractivity contribution in [2.45, 2.75) is 24.7 Å². The molecule has 0 bridgehead atoms. The average Bonchev–Trinajstić information content (AvgIpc) is 3.58. The van der Waals surface area contributed by atoms with Crippen molar-refractivity contribution in [3.63, 3.8) is 0 Å². The number of hydrogen-bond acceptors (Lipinski definition) is 7. The van der Waals surface area contributed by atoms with Crippen molar-refractivity contribution in [3.05, 3.63) is 119 Å². The van der Waals surface area contributed by atoms with Crippen LogP contribution in [0.1, 0.15) is 46.9 Å². The Kier molecular flexibility index (Phi) is 12.8. The van der Waals surface area contributed by atoms with Gasteiger partial charge in [0.15, 0.2) is 0 Å². The van der Waals surface area contributed by atoms with E-state index in [1.165, 1.54) is 22.3 Å². The number of ether oxygens (including phenoxy) is 2. The minimum atomic E-state index is -1.18. The fraction of sp³-hybridized carbons (Fsp3) is 0.289. The predicted molar refractivity (Wildman–Crippen MR) is 177 cm³/mol. The van der Waals surface area contributed by atoms with Crippen LogP contribution >= 0.6 is 0 Å². The summed E-state index contributed by atoms with van der Waals surface area (Å²) < 4.78 is 11.2. The maximum absolute atomic E-state index is 12.5. The smallest absolute Gasteiger partial charge is 0.549 e. The summed E-state index contributed by atoms with van der Waals surface area (Å²) in [5.41, 5.74) is 9.24. The van der Waals surface area contributed by atoms with Gasteiger partial charge in [0, 0.05) is 44.6 Å². The van der Waals surface area contributed by atoms with Gasteiger partial charge in [-0.3, -0.25) is 4.90 Å². The Morgan fingerprint density at radius 1 is 0.583 bits per heavy atom. The molecule has 2 amide bonds. The minimum Gasteiger partial charge on any atom is -0.549 e. The molecule has 9 nitrogen and oxygen atoms in total. The average molecular weight is 672 g/mol. The number of carbonyl (C=O) groups excluding carboxylic acids is 3. The molecule has 0 radical (unpaired) electrons. The summed E-state index contributed by atoms with van der Waals surface area (Å²) in [7, 11) is 0. The van der Waals surface area contributed by atoms with Gasteiger partial charge in [0.25, 0.3) is 0 Å². The summed E-state index contributed by atoms with van der Waals surface area (Å²) in [5.74, 6) is -1.22. The van der Waals surface area contributed by atoms with Crippen LogP contribution in [0.25, 0.3) is 22.3 Å². The molecule has 242 valence electrons. The number of alkyl carbamates (subject to hydrolysis) is 2. The molecule has 0 atom stereocenters. The number of benzene rings is 4. The number of nitrogens with zero attached hydrogens (tertiary/aromatic N) is 1. The third-order valence-corrected chi connectivity index (χ3v) is 8.88. The standard InChI is InChI=1S/C38H39N3O6.K/c42-36(43)23-41(21-9-19-39-37(44)46-24-34-30-15-5-1-11-26(30)27-12-2-6-16-31(27)34)22-10-20-40-38(45)47-25-35-32-17-7-3-13-28(32)29-14-4-8-18-33(29)35;/h1-8,11-18,34-35H,9-10,19-25H2,(H,39,44)(H,40,45)(H,42,43);/q;+1/p-1. The third-order valence-electron chi connectivity index (χ3n) is 8.88. The van der Waals surface area contributed by atoms with Gasteiger partial charge < -0.3 is 30.0 Å². The monoisotopic (exact) mass is 671 g/mol. The van der Waals surface area contributed by atoms with Crippen LogP contribution in [-0.2, 0) is 14.3 Å². The normalized spacial score (nSPS) is 12.7. The van der Waals surface area contributed by atoms with E-state index in [0.717, 1.165) is 22.3 Å². The Balaban J connectivity index is 0.00000451. The zero-order chi connectivity index (χ0) is 32.6. The number of amides is 2. The van der Waals surface area contributed by atoms with Crippen LogP contribution in [0.5, 0.6) is 0 Å². The van der Waals surface area contributed by atoms with E-state index >= 15 is 0 Å². The molecule has 0 saturated heterocycles. The Hall–Kier alpha value is -3.51. The van der Waals surface area contributed by atoms with Gasteiger partial charge in [-0.1, -0.05) is 97.1 Å². The molecule has 10 heteroatoms. The summed E-state index contributed by atoms with van der Waals surface area (Å²) >= 11 is 0. The number of carboxylic acid groups (broad SMARTS) is 1. The largest absolute Gasteiger partial charge is 1.00 e. The Morgan fingerprint density at radius 2 is 0.917 bits per heavy atom. The first kappa shape index (κ1) is 35.8. The first-order valence-corrected chi connectivity index (χ1v) is 16.1. The summed E-state index contributed by atoms with van der Waals surface area (Å²) in [4.78, 5) is 38.0. The van der Waals surface area contributed by atoms with Crippen molar-refractivity contribution in [3.8, 4) is 22.3 Å². The van der Waals surface area contributed by atoms with Crippen LogP contribution in [0.15, 0.2) is 97.1 Å². The second-order valence-corrected chi connectivity index (χ2v) is 11.9. The molecule has 0 spiro atoms. The molecule has 4 aromatic carbocycles. The molecular formula is C38H38KN3O6. The molecule has 0 saturated carbocycles. The van der Waals surface area contributed by atoms with Crippen LogP contribution < -0.4 is 67.1 Å². The molecule has 4 aromatic rings. The summed E-state index contributed by atoms with van der Waals surface area (Å²) in [6.45, 7) is 1.75. The Bertz CT molecular complexity index is 1540. The van der Waals surface area contributed by atoms with Crippen LogP contribution in [0.2, 0.25) is 0 Å². The van der Waals surface area contributed by atoms with Crippen molar-refractivity contribution in [2.24, 2.45) is 0 Å². The van der Waals surface area contributed by atoms with Gasteiger partial charge in [-0.15, -0.1) is 0 Å². The number of carbonyl (C=O) groups is 3. The molecular weight excluding hydrogens is 634 g/mol. The predicted octanol–water partition coefficient (Wildman–Crippen LogP) is 1.90. The molecule has 2 aliphatic carbocycles. The van der Waals surface area contributed by atoms with E-state index in [-0.39, 0.29) is 83.0 Å². The quantitative estimate of drug-likeness (QED) is 0.155. The van der Waals surface area contributed by atoms with Crippen LogP contribution in [0.4, 0.5) is 9.59 Å². The summed E-state index contributed by atoms with van der Waals surface area (Å²) in [5, 5.41) is 16.9. The van der Waals surface area contributed by atoms with Gasteiger partial charge >= 0.3 is 63.6 Å². The second kappa shape index (κ2) is 17.2. The van der Waals surface area contributed by atoms with Crippen LogP contribution in [-0.4, -0.2) is 69.0 Å². The van der Waals surface area contributed by atoms with E-state index in [0.29, 0.717) is 39.0 Å². The fourth-order valence-electron chi connectivity index (χ4n) is 6.74. The second-order valence-electron chi connectivity index (χ2n) is 11.9. The van der Waals surface area contributed by atoms with E-state index < -0.39 is 18.2 Å². The maximum atomic E-state index is 12.5. The van der Waals surface area contributed by atoms with E-state index in [1.54, 1.807) is 4.90 Å². The van der Waals surface area contributed by atoms with Gasteiger partial charge in [-0.05, 0) is 57.3 Å². The van der Waals surface area contributed by atoms with Gasteiger partial charge in [-0.2, -0.15) is 0 Å². The van der Waals surface area contributed by atoms with Gasteiger partial charge in [0.2, 0.25) is 0 Å². The first-order valence-electron chi connectivity index (χ1n) is 16.1. The fourth-order valence-corrected chi connectivity index (χ4v) is 6.74. The summed E-state index contributed by atoms with van der Waals surface area (Å²) in [6.07, 6.45) is 0.0328. The number of carboxylic acids is 1. The number of hydrogen-bond donors (Lipinski definition) is 2. The molecule has 48 heavy (non-hydrogen) atoms. The zero-order valence-corrected chi connectivity index (χ0v) is 30.3. The molecule has 6 rings (SSSR count). The molecule has 0 heterocycles. The van der Waals surface area contributed by atoms with Gasteiger partial charge in [-0.25, -0.2) is 9.59 Å². The van der Waals surface area contributed by atoms with Crippen molar-refractivity contribution in [1.82, 2.24) is 15.5 Å². The number of aliphatic carboxylic acids is 1. The van der Waals surface area contributed by atoms with E-state index in [2.05, 4.69) is 59.2 Å². The molecule has 0 fully saturated rings. The minimum absolute atomic E-state index is 0. The topological polar surface area (TPSA) is 120 Å². The zero-order valence-electron chi connectivity index (χ0n) is 27.2. The Morgan fingerprint density at radius 3 is 1.25 bits per heavy atom. The first-order chi connectivity index (χ1) is 23.0. The molecule has 0 unspecified atom stereocenters. The van der Waals surface area contributed by atoms with Crippen molar-refractivity contribution in [2.75, 3.05) is 45.9 Å². The van der Waals surface area contributed by atoms with Crippen molar-refractivity contribution < 1.29 is 80.3 Å². The van der Waals surface area contributed by atoms with E-state index in [4.69, 9.17) is 9.47 Å². The molecule has 0 aromatic heterocycles. The van der Waals surface area contributed by atoms with Crippen molar-refractivity contribution in [1.29, 1.82) is 0 Å². The van der Waals surface area contributed by atoms with Crippen molar-refractivity contribution >= 4 is 18.2 Å². The molecule has 2 aliphatic rings. The third kappa shape index (κ3) is 8.55. The SMILES string of the molecule is O=C([O-])CN(CCCNC(=O)OCC1c2ccccc2-c2ccccc21)CCCNC(=O)OCC1c2ccccc2-c2ccccc21.[K+]. The molecule has 2 N–H and O–H groups in total. The van der Waals surface area contributed by atoms with Crippen LogP contribution in [0.3, 0.4) is 0 Å². The maximum Gasteiger partial charge on any atom is 1.00 e. The van der Waals surface area contributed by atoms with Gasteiger partial charge in [0.05, 0.1) is 5.97 Å². The number of fused-ring (bicyclic) bond motifs is 6.